The second kappa shape index (κ2) is 8.73. The molecule has 2 aromatic carbocycles. The molecule has 2 rings (SSSR count). The van der Waals surface area contributed by atoms with Gasteiger partial charge in [0.15, 0.2) is 0 Å². The number of methoxy groups -OCH3 is 2. The summed E-state index contributed by atoms with van der Waals surface area (Å²) in [5.74, 6) is 0.509. The standard InChI is InChI=1S/C19H22N2O4/c1-24-15-9-10-16(25-2)14(12-15)8-11-17(22)21-18(19(20)23)13-6-4-3-5-7-13/h3-7,9-10,12,18H,8,11H2,1-2H3,(H2,20,23)(H,21,22). The van der Waals surface area contributed by atoms with Gasteiger partial charge in [-0.1, -0.05) is 30.3 Å². The first-order chi connectivity index (χ1) is 12.0. The van der Waals surface area contributed by atoms with Crippen LogP contribution in [0.2, 0.25) is 0 Å². The third-order valence-electron chi connectivity index (χ3n) is 3.83. The zero-order valence-electron chi connectivity index (χ0n) is 14.3. The Balaban J connectivity index is 2.03. The van der Waals surface area contributed by atoms with E-state index in [2.05, 4.69) is 5.32 Å². The molecule has 0 fully saturated rings. The molecule has 0 heterocycles. The lowest BCUT2D eigenvalue weighted by atomic mass is 10.0. The van der Waals surface area contributed by atoms with Gasteiger partial charge in [-0.25, -0.2) is 0 Å². The Labute approximate surface area is 146 Å². The fourth-order valence-corrected chi connectivity index (χ4v) is 2.52. The predicted octanol–water partition coefficient (Wildman–Crippen LogP) is 1.98. The normalized spacial score (nSPS) is 11.4. The number of aryl methyl sites for hydroxylation is 1. The smallest absolute Gasteiger partial charge is 0.244 e. The number of ether oxygens (including phenoxy) is 2. The van der Waals surface area contributed by atoms with Crippen LogP contribution in [0.5, 0.6) is 11.5 Å². The summed E-state index contributed by atoms with van der Waals surface area (Å²) in [4.78, 5) is 23.9. The highest BCUT2D eigenvalue weighted by Crippen LogP contribution is 2.25. The van der Waals surface area contributed by atoms with Crippen LogP contribution >= 0.6 is 0 Å². The van der Waals surface area contributed by atoms with Gasteiger partial charge in [-0.3, -0.25) is 9.59 Å². The van der Waals surface area contributed by atoms with Gasteiger partial charge in [0, 0.05) is 6.42 Å². The van der Waals surface area contributed by atoms with Crippen LogP contribution in [0.25, 0.3) is 0 Å². The van der Waals surface area contributed by atoms with Crippen LogP contribution in [0.15, 0.2) is 48.5 Å². The molecule has 1 atom stereocenters. The number of nitrogens with two attached hydrogens (primary N) is 1. The Morgan fingerprint density at radius 1 is 1.08 bits per heavy atom. The van der Waals surface area contributed by atoms with Crippen LogP contribution in [-0.4, -0.2) is 26.0 Å². The van der Waals surface area contributed by atoms with Crippen molar-refractivity contribution in [3.05, 3.63) is 59.7 Å². The van der Waals surface area contributed by atoms with Gasteiger partial charge in [0.1, 0.15) is 17.5 Å². The number of primary amides is 1. The lowest BCUT2D eigenvalue weighted by Crippen LogP contribution is -2.37. The first kappa shape index (κ1) is 18.3. The fraction of sp³-hybridized carbons (Fsp3) is 0.263. The van der Waals surface area contributed by atoms with E-state index >= 15 is 0 Å². The molecule has 0 radical (unpaired) electrons. The zero-order valence-corrected chi connectivity index (χ0v) is 14.3. The number of carbonyl (C=O) groups excluding carboxylic acids is 2. The number of hydrogen-bond donors (Lipinski definition) is 2. The summed E-state index contributed by atoms with van der Waals surface area (Å²) in [6, 6.07) is 13.5. The van der Waals surface area contributed by atoms with Gasteiger partial charge in [0.05, 0.1) is 14.2 Å². The molecule has 0 saturated carbocycles. The molecule has 2 aromatic rings. The van der Waals surface area contributed by atoms with Crippen molar-refractivity contribution in [1.82, 2.24) is 5.32 Å². The lowest BCUT2D eigenvalue weighted by Gasteiger charge is -2.16. The summed E-state index contributed by atoms with van der Waals surface area (Å²) in [7, 11) is 3.15. The van der Waals surface area contributed by atoms with E-state index in [1.54, 1.807) is 50.6 Å². The van der Waals surface area contributed by atoms with Crippen molar-refractivity contribution in [2.75, 3.05) is 14.2 Å². The van der Waals surface area contributed by atoms with Crippen molar-refractivity contribution in [3.8, 4) is 11.5 Å². The molecule has 6 nitrogen and oxygen atoms in total. The third-order valence-corrected chi connectivity index (χ3v) is 3.83. The van der Waals surface area contributed by atoms with E-state index in [9.17, 15) is 9.59 Å². The quantitative estimate of drug-likeness (QED) is 0.767. The van der Waals surface area contributed by atoms with Crippen LogP contribution < -0.4 is 20.5 Å². The third kappa shape index (κ3) is 4.97. The van der Waals surface area contributed by atoms with Crippen LogP contribution in [0.3, 0.4) is 0 Å². The minimum Gasteiger partial charge on any atom is -0.497 e. The van der Waals surface area contributed by atoms with Gasteiger partial charge in [-0.05, 0) is 35.7 Å². The molecule has 0 aliphatic carbocycles. The van der Waals surface area contributed by atoms with Crippen molar-refractivity contribution in [2.24, 2.45) is 5.73 Å². The summed E-state index contributed by atoms with van der Waals surface area (Å²) in [6.07, 6.45) is 0.645. The molecular formula is C19H22N2O4. The molecule has 0 spiro atoms. The number of nitrogens with one attached hydrogen (secondary N) is 1. The van der Waals surface area contributed by atoms with E-state index in [0.29, 0.717) is 23.5 Å². The average Bonchev–Trinajstić information content (AvgIpc) is 2.64. The van der Waals surface area contributed by atoms with E-state index in [-0.39, 0.29) is 12.3 Å². The molecule has 0 saturated heterocycles. The SMILES string of the molecule is COc1ccc(OC)c(CCC(=O)NC(C(N)=O)c2ccccc2)c1. The summed E-state index contributed by atoms with van der Waals surface area (Å²) in [5, 5.41) is 2.68. The van der Waals surface area contributed by atoms with Crippen molar-refractivity contribution >= 4 is 11.8 Å². The second-order valence-electron chi connectivity index (χ2n) is 5.49. The first-order valence-electron chi connectivity index (χ1n) is 7.89. The van der Waals surface area contributed by atoms with Gasteiger partial charge >= 0.3 is 0 Å². The highest BCUT2D eigenvalue weighted by molar-refractivity contribution is 5.87. The Hall–Kier alpha value is -3.02. The highest BCUT2D eigenvalue weighted by Gasteiger charge is 2.20. The fourth-order valence-electron chi connectivity index (χ4n) is 2.52. The summed E-state index contributed by atoms with van der Waals surface area (Å²) in [6.45, 7) is 0. The monoisotopic (exact) mass is 342 g/mol. The topological polar surface area (TPSA) is 90.7 Å². The molecule has 1 unspecified atom stereocenters. The molecule has 0 aromatic heterocycles. The molecule has 3 N–H and O–H groups in total. The van der Waals surface area contributed by atoms with Crippen LogP contribution in [0, 0.1) is 0 Å². The van der Waals surface area contributed by atoms with Crippen LogP contribution in [0.4, 0.5) is 0 Å². The number of hydrogen-bond acceptors (Lipinski definition) is 4. The minimum absolute atomic E-state index is 0.195. The van der Waals surface area contributed by atoms with Gasteiger partial charge in [0.25, 0.3) is 0 Å². The number of carbonyl (C=O) groups is 2. The summed E-state index contributed by atoms with van der Waals surface area (Å²) in [5.41, 5.74) is 6.93. The Bertz CT molecular complexity index is 731. The summed E-state index contributed by atoms with van der Waals surface area (Å²) < 4.78 is 10.5. The van der Waals surface area contributed by atoms with Crippen LogP contribution in [-0.2, 0) is 16.0 Å². The maximum Gasteiger partial charge on any atom is 0.244 e. The molecule has 25 heavy (non-hydrogen) atoms. The van der Waals surface area contributed by atoms with Gasteiger partial charge in [0.2, 0.25) is 11.8 Å². The Kier molecular flexibility index (Phi) is 6.39. The molecule has 2 amide bonds. The second-order valence-corrected chi connectivity index (χ2v) is 5.49. The van der Waals surface area contributed by atoms with E-state index < -0.39 is 11.9 Å². The maximum atomic E-state index is 12.3. The Morgan fingerprint density at radius 2 is 1.80 bits per heavy atom. The van der Waals surface area contributed by atoms with Crippen LogP contribution in [0.1, 0.15) is 23.6 Å². The van der Waals surface area contributed by atoms with Crippen molar-refractivity contribution in [1.29, 1.82) is 0 Å². The van der Waals surface area contributed by atoms with Gasteiger partial charge in [-0.15, -0.1) is 0 Å². The number of rotatable bonds is 8. The number of amides is 2. The molecular weight excluding hydrogens is 320 g/mol. The molecule has 0 aliphatic heterocycles. The van der Waals surface area contributed by atoms with E-state index in [1.165, 1.54) is 0 Å². The Morgan fingerprint density at radius 3 is 2.40 bits per heavy atom. The van der Waals surface area contributed by atoms with Crippen molar-refractivity contribution in [2.45, 2.75) is 18.9 Å². The maximum absolute atomic E-state index is 12.3. The lowest BCUT2D eigenvalue weighted by molar-refractivity contribution is -0.127. The molecule has 132 valence electrons. The molecule has 0 aliphatic rings. The molecule has 0 bridgehead atoms. The summed E-state index contributed by atoms with van der Waals surface area (Å²) >= 11 is 0. The molecule has 6 heteroatoms. The van der Waals surface area contributed by atoms with Gasteiger partial charge < -0.3 is 20.5 Å². The zero-order chi connectivity index (χ0) is 18.2. The van der Waals surface area contributed by atoms with Crippen molar-refractivity contribution in [3.63, 3.8) is 0 Å². The first-order valence-corrected chi connectivity index (χ1v) is 7.89. The van der Waals surface area contributed by atoms with E-state index in [1.807, 2.05) is 12.1 Å². The van der Waals surface area contributed by atoms with E-state index in [0.717, 1.165) is 5.56 Å². The number of benzene rings is 2. The van der Waals surface area contributed by atoms with Gasteiger partial charge in [-0.2, -0.15) is 0 Å². The minimum atomic E-state index is -0.846. The van der Waals surface area contributed by atoms with Crippen molar-refractivity contribution < 1.29 is 19.1 Å². The average molecular weight is 342 g/mol. The highest BCUT2D eigenvalue weighted by atomic mass is 16.5. The largest absolute Gasteiger partial charge is 0.497 e. The predicted molar refractivity (Wildman–Crippen MR) is 94.4 cm³/mol. The van der Waals surface area contributed by atoms with E-state index in [4.69, 9.17) is 15.2 Å².